The summed E-state index contributed by atoms with van der Waals surface area (Å²) in [5.41, 5.74) is 5.76. The molecule has 1 aliphatic carbocycles. The smallest absolute Gasteiger partial charge is 0.405 e. The number of H-pyrrole nitrogens is 1. The minimum absolute atomic E-state index is 0.0681. The van der Waals surface area contributed by atoms with E-state index in [1.54, 1.807) is 37.7 Å². The number of nitrogens with two attached hydrogens (primary N) is 1. The molecule has 0 bridgehead atoms. The van der Waals surface area contributed by atoms with Crippen molar-refractivity contribution in [1.29, 1.82) is 0 Å². The van der Waals surface area contributed by atoms with Crippen LogP contribution in [0, 0.1) is 5.92 Å². The van der Waals surface area contributed by atoms with Crippen molar-refractivity contribution in [2.24, 2.45) is 11.7 Å². The fourth-order valence-electron chi connectivity index (χ4n) is 3.09. The van der Waals surface area contributed by atoms with Crippen LogP contribution in [-0.4, -0.2) is 44.2 Å². The van der Waals surface area contributed by atoms with Gasteiger partial charge in [-0.15, -0.1) is 0 Å². The van der Waals surface area contributed by atoms with Gasteiger partial charge in [0.25, 0.3) is 5.91 Å². The molecule has 4 rings (SSSR count). The highest BCUT2D eigenvalue weighted by Crippen LogP contribution is 2.31. The van der Waals surface area contributed by atoms with Crippen LogP contribution in [0.15, 0.2) is 18.3 Å². The summed E-state index contributed by atoms with van der Waals surface area (Å²) in [4.78, 5) is 22.4. The minimum atomic E-state index is -0.725. The van der Waals surface area contributed by atoms with Crippen LogP contribution in [0.2, 0.25) is 0 Å². The van der Waals surface area contributed by atoms with E-state index in [1.165, 1.54) is 12.8 Å². The zero-order valence-electron chi connectivity index (χ0n) is 17.7. The van der Waals surface area contributed by atoms with E-state index in [-0.39, 0.29) is 12.0 Å². The van der Waals surface area contributed by atoms with E-state index in [0.717, 1.165) is 31.7 Å². The van der Waals surface area contributed by atoms with E-state index >= 15 is 0 Å². The molecule has 1 saturated carbocycles. The van der Waals surface area contributed by atoms with Crippen LogP contribution in [0.1, 0.15) is 68.7 Å². The SMILES string of the molecule is CC(C)(C)OC(N)=O.O=C(Nc1cc(C2CCCO2)[nH]n1)c1ccnn1CC1CC1. The van der Waals surface area contributed by atoms with E-state index in [0.29, 0.717) is 17.4 Å². The number of carbonyl (C=O) groups is 2. The largest absolute Gasteiger partial charge is 0.444 e. The number of rotatable bonds is 5. The highest BCUT2D eigenvalue weighted by molar-refractivity contribution is 6.02. The predicted molar refractivity (Wildman–Crippen MR) is 110 cm³/mol. The first kappa shape index (κ1) is 21.8. The summed E-state index contributed by atoms with van der Waals surface area (Å²) in [7, 11) is 0. The highest BCUT2D eigenvalue weighted by Gasteiger charge is 2.25. The van der Waals surface area contributed by atoms with Crippen molar-refractivity contribution in [3.05, 3.63) is 29.7 Å². The number of amides is 2. The molecule has 30 heavy (non-hydrogen) atoms. The third-order valence-electron chi connectivity index (χ3n) is 4.60. The van der Waals surface area contributed by atoms with E-state index < -0.39 is 11.7 Å². The molecular weight excluding hydrogens is 388 g/mol. The maximum Gasteiger partial charge on any atom is 0.405 e. The van der Waals surface area contributed by atoms with Crippen LogP contribution >= 0.6 is 0 Å². The number of hydrogen-bond acceptors (Lipinski definition) is 6. The Morgan fingerprint density at radius 2 is 2.13 bits per heavy atom. The third kappa shape index (κ3) is 6.58. The summed E-state index contributed by atoms with van der Waals surface area (Å²) in [6.45, 7) is 6.89. The molecule has 10 nitrogen and oxygen atoms in total. The molecule has 2 amide bonds. The molecule has 1 unspecified atom stereocenters. The fraction of sp³-hybridized carbons (Fsp3) is 0.600. The van der Waals surface area contributed by atoms with Crippen molar-refractivity contribution in [1.82, 2.24) is 20.0 Å². The Morgan fingerprint density at radius 3 is 2.70 bits per heavy atom. The number of aromatic nitrogens is 4. The number of carbonyl (C=O) groups excluding carboxylic acids is 2. The lowest BCUT2D eigenvalue weighted by molar-refractivity contribution is 0.0600. The summed E-state index contributed by atoms with van der Waals surface area (Å²) in [6.07, 6.45) is 5.52. The summed E-state index contributed by atoms with van der Waals surface area (Å²) in [5, 5.41) is 14.1. The second-order valence-corrected chi connectivity index (χ2v) is 8.54. The molecule has 1 aliphatic heterocycles. The summed E-state index contributed by atoms with van der Waals surface area (Å²) in [5.74, 6) is 1.01. The Morgan fingerprint density at radius 1 is 1.37 bits per heavy atom. The average molecular weight is 418 g/mol. The van der Waals surface area contributed by atoms with Gasteiger partial charge in [-0.3, -0.25) is 14.6 Å². The third-order valence-corrected chi connectivity index (χ3v) is 4.60. The van der Waals surface area contributed by atoms with Gasteiger partial charge in [-0.25, -0.2) is 4.79 Å². The van der Waals surface area contributed by atoms with E-state index in [4.69, 9.17) is 10.5 Å². The van der Waals surface area contributed by atoms with Gasteiger partial charge in [0.05, 0.1) is 11.8 Å². The molecule has 0 aromatic carbocycles. The molecule has 3 heterocycles. The minimum Gasteiger partial charge on any atom is -0.444 e. The standard InChI is InChI=1S/C15H19N5O2.C5H11NO2/c21-15(12-5-6-16-20(12)9-10-3-4-10)17-14-8-11(18-19-14)13-2-1-7-22-13;1-5(2,3)8-4(6)7/h5-6,8,10,13H,1-4,7,9H2,(H2,17,18,19,21);1-3H3,(H2,6,7). The molecule has 0 radical (unpaired) electrons. The maximum atomic E-state index is 12.4. The van der Waals surface area contributed by atoms with Gasteiger partial charge in [0, 0.05) is 25.4 Å². The van der Waals surface area contributed by atoms with Gasteiger partial charge in [-0.1, -0.05) is 0 Å². The Bertz CT molecular complexity index is 859. The van der Waals surface area contributed by atoms with Crippen LogP contribution in [0.5, 0.6) is 0 Å². The number of hydrogen-bond donors (Lipinski definition) is 3. The Labute approximate surface area is 175 Å². The summed E-state index contributed by atoms with van der Waals surface area (Å²) < 4.78 is 12.0. The topological polar surface area (TPSA) is 137 Å². The normalized spacial score (nSPS) is 18.4. The number of primary amides is 1. The van der Waals surface area contributed by atoms with E-state index in [1.807, 2.05) is 6.07 Å². The van der Waals surface area contributed by atoms with Crippen molar-refractivity contribution in [2.75, 3.05) is 11.9 Å². The lowest BCUT2D eigenvalue weighted by Crippen LogP contribution is -2.27. The maximum absolute atomic E-state index is 12.4. The first-order valence-corrected chi connectivity index (χ1v) is 10.2. The molecule has 164 valence electrons. The highest BCUT2D eigenvalue weighted by atomic mass is 16.6. The van der Waals surface area contributed by atoms with Crippen molar-refractivity contribution in [3.8, 4) is 0 Å². The number of ether oxygens (including phenoxy) is 2. The fourth-order valence-corrected chi connectivity index (χ4v) is 3.09. The Kier molecular flexibility index (Phi) is 6.76. The zero-order chi connectivity index (χ0) is 21.7. The zero-order valence-corrected chi connectivity index (χ0v) is 17.7. The first-order chi connectivity index (χ1) is 14.2. The monoisotopic (exact) mass is 418 g/mol. The van der Waals surface area contributed by atoms with Crippen molar-refractivity contribution >= 4 is 17.8 Å². The molecule has 1 atom stereocenters. The van der Waals surface area contributed by atoms with Crippen molar-refractivity contribution < 1.29 is 19.1 Å². The first-order valence-electron chi connectivity index (χ1n) is 10.2. The van der Waals surface area contributed by atoms with Crippen molar-refractivity contribution in [3.63, 3.8) is 0 Å². The lowest BCUT2D eigenvalue weighted by Gasteiger charge is -2.16. The molecule has 1 saturated heterocycles. The second-order valence-electron chi connectivity index (χ2n) is 8.54. The molecule has 4 N–H and O–H groups in total. The molecule has 2 aliphatic rings. The van der Waals surface area contributed by atoms with Gasteiger partial charge in [-0.05, 0) is 58.4 Å². The van der Waals surface area contributed by atoms with Gasteiger partial charge in [0.2, 0.25) is 0 Å². The molecule has 2 aromatic rings. The van der Waals surface area contributed by atoms with Gasteiger partial charge >= 0.3 is 6.09 Å². The van der Waals surface area contributed by atoms with Crippen LogP contribution in [0.25, 0.3) is 0 Å². The lowest BCUT2D eigenvalue weighted by atomic mass is 10.2. The van der Waals surface area contributed by atoms with Crippen molar-refractivity contribution in [2.45, 2.75) is 64.7 Å². The molecule has 0 spiro atoms. The molecule has 2 fully saturated rings. The van der Waals surface area contributed by atoms with Gasteiger partial charge in [0.15, 0.2) is 5.82 Å². The van der Waals surface area contributed by atoms with Gasteiger partial charge in [0.1, 0.15) is 11.3 Å². The second kappa shape index (κ2) is 9.29. The van der Waals surface area contributed by atoms with Crippen LogP contribution in [0.3, 0.4) is 0 Å². The van der Waals surface area contributed by atoms with E-state index in [9.17, 15) is 9.59 Å². The van der Waals surface area contributed by atoms with Crippen LogP contribution < -0.4 is 11.1 Å². The number of nitrogens with zero attached hydrogens (tertiary/aromatic N) is 3. The molecule has 10 heteroatoms. The Hall–Kier alpha value is -2.88. The average Bonchev–Trinajstić information content (AvgIpc) is 3.07. The van der Waals surface area contributed by atoms with Crippen LogP contribution in [-0.2, 0) is 16.0 Å². The molecule has 2 aromatic heterocycles. The number of aromatic amines is 1. The van der Waals surface area contributed by atoms with Crippen LogP contribution in [0.4, 0.5) is 10.6 Å². The summed E-state index contributed by atoms with van der Waals surface area (Å²) in [6, 6.07) is 3.58. The summed E-state index contributed by atoms with van der Waals surface area (Å²) >= 11 is 0. The van der Waals surface area contributed by atoms with Gasteiger partial charge < -0.3 is 20.5 Å². The molecular formula is C20H30N6O4. The van der Waals surface area contributed by atoms with E-state index in [2.05, 4.69) is 25.3 Å². The number of anilines is 1. The Balaban J connectivity index is 0.000000275. The van der Waals surface area contributed by atoms with Gasteiger partial charge in [-0.2, -0.15) is 10.2 Å². The predicted octanol–water partition coefficient (Wildman–Crippen LogP) is 3.00. The number of nitrogens with one attached hydrogen (secondary N) is 2. The quantitative estimate of drug-likeness (QED) is 0.682.